The Kier molecular flexibility index (Phi) is 4.41. The Labute approximate surface area is 96.9 Å². The van der Waals surface area contributed by atoms with Crippen molar-refractivity contribution in [2.75, 3.05) is 25.5 Å². The lowest BCUT2D eigenvalue weighted by Gasteiger charge is -2.40. The van der Waals surface area contributed by atoms with Gasteiger partial charge in [-0.15, -0.1) is 11.6 Å². The van der Waals surface area contributed by atoms with E-state index >= 15 is 0 Å². The van der Waals surface area contributed by atoms with Crippen LogP contribution in [0.5, 0.6) is 0 Å². The standard InChI is InChI=1S/C11H21ClN2O/c1-11(2,8-13)9-3-5-14(6-4-9)10(15)7-12/h9H,3-8,13H2,1-2H3. The zero-order valence-corrected chi connectivity index (χ0v) is 10.4. The Morgan fingerprint density at radius 3 is 2.40 bits per heavy atom. The summed E-state index contributed by atoms with van der Waals surface area (Å²) in [7, 11) is 0. The van der Waals surface area contributed by atoms with E-state index in [1.165, 1.54) is 0 Å². The fourth-order valence-corrected chi connectivity index (χ4v) is 2.33. The van der Waals surface area contributed by atoms with Crippen molar-refractivity contribution in [2.24, 2.45) is 17.1 Å². The molecule has 2 N–H and O–H groups in total. The molecule has 1 heterocycles. The van der Waals surface area contributed by atoms with E-state index in [9.17, 15) is 4.79 Å². The lowest BCUT2D eigenvalue weighted by atomic mass is 9.74. The van der Waals surface area contributed by atoms with Gasteiger partial charge in [0.05, 0.1) is 0 Å². The molecule has 0 aliphatic carbocycles. The largest absolute Gasteiger partial charge is 0.342 e. The molecule has 1 aliphatic rings. The van der Waals surface area contributed by atoms with Crippen molar-refractivity contribution in [1.29, 1.82) is 0 Å². The molecule has 1 aliphatic heterocycles. The molecule has 0 unspecified atom stereocenters. The number of hydrogen-bond donors (Lipinski definition) is 1. The predicted molar refractivity (Wildman–Crippen MR) is 62.9 cm³/mol. The summed E-state index contributed by atoms with van der Waals surface area (Å²) in [6, 6.07) is 0. The number of amides is 1. The number of halogens is 1. The summed E-state index contributed by atoms with van der Waals surface area (Å²) >= 11 is 5.53. The summed E-state index contributed by atoms with van der Waals surface area (Å²) in [5.41, 5.74) is 5.95. The first kappa shape index (κ1) is 12.8. The van der Waals surface area contributed by atoms with E-state index in [0.29, 0.717) is 12.5 Å². The minimum atomic E-state index is 0.0562. The van der Waals surface area contributed by atoms with Crippen LogP contribution in [0.25, 0.3) is 0 Å². The molecule has 0 atom stereocenters. The lowest BCUT2D eigenvalue weighted by molar-refractivity contribution is -0.130. The van der Waals surface area contributed by atoms with E-state index in [0.717, 1.165) is 25.9 Å². The van der Waals surface area contributed by atoms with Crippen LogP contribution in [0.4, 0.5) is 0 Å². The third-order valence-corrected chi connectivity index (χ3v) is 3.82. The van der Waals surface area contributed by atoms with E-state index in [-0.39, 0.29) is 17.2 Å². The van der Waals surface area contributed by atoms with Gasteiger partial charge in [0.25, 0.3) is 0 Å². The van der Waals surface area contributed by atoms with Gasteiger partial charge >= 0.3 is 0 Å². The summed E-state index contributed by atoms with van der Waals surface area (Å²) in [6.45, 7) is 6.79. The molecule has 0 aromatic carbocycles. The number of hydrogen-bond acceptors (Lipinski definition) is 2. The highest BCUT2D eigenvalue weighted by molar-refractivity contribution is 6.27. The Balaban J connectivity index is 2.46. The number of rotatable bonds is 3. The monoisotopic (exact) mass is 232 g/mol. The van der Waals surface area contributed by atoms with Crippen LogP contribution in [0.15, 0.2) is 0 Å². The minimum Gasteiger partial charge on any atom is -0.342 e. The average Bonchev–Trinajstić information content (AvgIpc) is 2.28. The molecule has 1 amide bonds. The second kappa shape index (κ2) is 5.17. The van der Waals surface area contributed by atoms with Crippen LogP contribution >= 0.6 is 11.6 Å². The summed E-state index contributed by atoms with van der Waals surface area (Å²) in [4.78, 5) is 13.2. The highest BCUT2D eigenvalue weighted by Gasteiger charge is 2.32. The fraction of sp³-hybridized carbons (Fsp3) is 0.909. The average molecular weight is 233 g/mol. The van der Waals surface area contributed by atoms with Gasteiger partial charge in [-0.1, -0.05) is 13.8 Å². The molecule has 1 saturated heterocycles. The van der Waals surface area contributed by atoms with E-state index < -0.39 is 0 Å². The lowest BCUT2D eigenvalue weighted by Crippen LogP contribution is -2.44. The number of alkyl halides is 1. The zero-order valence-electron chi connectivity index (χ0n) is 9.63. The maximum atomic E-state index is 11.4. The summed E-state index contributed by atoms with van der Waals surface area (Å²) in [5, 5.41) is 0. The first-order chi connectivity index (χ1) is 7.01. The molecule has 3 nitrogen and oxygen atoms in total. The molecule has 0 bridgehead atoms. The number of carbonyl (C=O) groups is 1. The van der Waals surface area contributed by atoms with Gasteiger partial charge in [-0.3, -0.25) is 4.79 Å². The number of nitrogens with two attached hydrogens (primary N) is 1. The Morgan fingerprint density at radius 1 is 1.47 bits per heavy atom. The van der Waals surface area contributed by atoms with E-state index in [1.807, 2.05) is 4.90 Å². The van der Waals surface area contributed by atoms with E-state index in [4.69, 9.17) is 17.3 Å². The second-order valence-electron chi connectivity index (χ2n) is 4.98. The number of likely N-dealkylation sites (tertiary alicyclic amines) is 1. The Bertz CT molecular complexity index is 223. The molecule has 88 valence electrons. The molecule has 1 fully saturated rings. The highest BCUT2D eigenvalue weighted by atomic mass is 35.5. The van der Waals surface area contributed by atoms with Crippen LogP contribution in [0.1, 0.15) is 26.7 Å². The molecule has 1 rings (SSSR count). The minimum absolute atomic E-state index is 0.0562. The number of piperidine rings is 1. The molecule has 4 heteroatoms. The Morgan fingerprint density at radius 2 is 2.00 bits per heavy atom. The van der Waals surface area contributed by atoms with Gasteiger partial charge in [0.2, 0.25) is 5.91 Å². The molecule has 0 spiro atoms. The predicted octanol–water partition coefficient (Wildman–Crippen LogP) is 1.45. The summed E-state index contributed by atoms with van der Waals surface area (Å²) in [5.74, 6) is 0.785. The topological polar surface area (TPSA) is 46.3 Å². The highest BCUT2D eigenvalue weighted by Crippen LogP contribution is 2.33. The fourth-order valence-electron chi connectivity index (χ4n) is 2.16. The van der Waals surface area contributed by atoms with Gasteiger partial charge in [0.15, 0.2) is 0 Å². The zero-order chi connectivity index (χ0) is 11.5. The summed E-state index contributed by atoms with van der Waals surface area (Å²) in [6.07, 6.45) is 2.10. The molecule has 0 radical (unpaired) electrons. The number of carbonyl (C=O) groups excluding carboxylic acids is 1. The van der Waals surface area contributed by atoms with Crippen molar-refractivity contribution in [3.8, 4) is 0 Å². The third kappa shape index (κ3) is 3.08. The van der Waals surface area contributed by atoms with E-state index in [2.05, 4.69) is 13.8 Å². The van der Waals surface area contributed by atoms with Crippen molar-refractivity contribution in [3.63, 3.8) is 0 Å². The molecule has 0 aromatic rings. The summed E-state index contributed by atoms with van der Waals surface area (Å²) < 4.78 is 0. The van der Waals surface area contributed by atoms with Crippen LogP contribution in [0, 0.1) is 11.3 Å². The first-order valence-electron chi connectivity index (χ1n) is 5.55. The van der Waals surface area contributed by atoms with Crippen molar-refractivity contribution < 1.29 is 4.79 Å². The smallest absolute Gasteiger partial charge is 0.237 e. The van der Waals surface area contributed by atoms with Gasteiger partial charge in [-0.05, 0) is 30.7 Å². The van der Waals surface area contributed by atoms with Crippen molar-refractivity contribution in [1.82, 2.24) is 4.90 Å². The van der Waals surface area contributed by atoms with Crippen LogP contribution in [0.2, 0.25) is 0 Å². The van der Waals surface area contributed by atoms with Crippen LogP contribution in [-0.2, 0) is 4.79 Å². The van der Waals surface area contributed by atoms with Gasteiger partial charge in [-0.2, -0.15) is 0 Å². The van der Waals surface area contributed by atoms with Crippen molar-refractivity contribution in [3.05, 3.63) is 0 Å². The van der Waals surface area contributed by atoms with Gasteiger partial charge in [0.1, 0.15) is 5.88 Å². The van der Waals surface area contributed by atoms with Gasteiger partial charge < -0.3 is 10.6 Å². The normalized spacial score (nSPS) is 19.3. The van der Waals surface area contributed by atoms with Crippen molar-refractivity contribution >= 4 is 17.5 Å². The third-order valence-electron chi connectivity index (χ3n) is 3.59. The second-order valence-corrected chi connectivity index (χ2v) is 5.25. The molecule has 0 aromatic heterocycles. The molecule has 0 saturated carbocycles. The van der Waals surface area contributed by atoms with E-state index in [1.54, 1.807) is 0 Å². The number of nitrogens with zero attached hydrogens (tertiary/aromatic N) is 1. The van der Waals surface area contributed by atoms with Crippen molar-refractivity contribution in [2.45, 2.75) is 26.7 Å². The SMILES string of the molecule is CC(C)(CN)C1CCN(C(=O)CCl)CC1. The van der Waals surface area contributed by atoms with Crippen LogP contribution < -0.4 is 5.73 Å². The molecular formula is C11H21ClN2O. The Hall–Kier alpha value is -0.280. The van der Waals surface area contributed by atoms with Crippen LogP contribution in [0.3, 0.4) is 0 Å². The molecule has 15 heavy (non-hydrogen) atoms. The van der Waals surface area contributed by atoms with Crippen LogP contribution in [-0.4, -0.2) is 36.3 Å². The quantitative estimate of drug-likeness (QED) is 0.749. The maximum absolute atomic E-state index is 11.4. The maximum Gasteiger partial charge on any atom is 0.237 e. The van der Waals surface area contributed by atoms with Gasteiger partial charge in [0, 0.05) is 13.1 Å². The van der Waals surface area contributed by atoms with Gasteiger partial charge in [-0.25, -0.2) is 0 Å². The molecular weight excluding hydrogens is 212 g/mol. The first-order valence-corrected chi connectivity index (χ1v) is 6.08.